The van der Waals surface area contributed by atoms with Crippen LogP contribution in [0.3, 0.4) is 0 Å². The van der Waals surface area contributed by atoms with Gasteiger partial charge in [-0.2, -0.15) is 0 Å². The lowest BCUT2D eigenvalue weighted by molar-refractivity contribution is 0.670. The van der Waals surface area contributed by atoms with Crippen LogP contribution in [-0.4, -0.2) is 4.57 Å². The summed E-state index contributed by atoms with van der Waals surface area (Å²) in [6.45, 7) is 3.84. The summed E-state index contributed by atoms with van der Waals surface area (Å²) in [5.41, 5.74) is 16.2. The molecule has 0 aliphatic rings. The van der Waals surface area contributed by atoms with Gasteiger partial charge in [0.05, 0.1) is 16.7 Å². The molecule has 2 aromatic heterocycles. The van der Waals surface area contributed by atoms with Gasteiger partial charge in [0.25, 0.3) is 0 Å². The molecular weight excluding hydrogens is 789 g/mol. The lowest BCUT2D eigenvalue weighted by Crippen LogP contribution is -2.12. The van der Waals surface area contributed by atoms with Crippen molar-refractivity contribution in [3.05, 3.63) is 249 Å². The lowest BCUT2D eigenvalue weighted by Gasteiger charge is -2.28. The minimum atomic E-state index is 0.877. The first kappa shape index (κ1) is 38.0. The van der Waals surface area contributed by atoms with Gasteiger partial charge in [-0.1, -0.05) is 176 Å². The van der Waals surface area contributed by atoms with E-state index in [9.17, 15) is 0 Å². The molecule has 0 aliphatic heterocycles. The van der Waals surface area contributed by atoms with Crippen molar-refractivity contribution in [1.82, 2.24) is 4.57 Å². The standard InChI is InChI=1S/C62H42N2O/c1-2-3-16-42-17-12-20-44(37-42)46-22-13-21-45(38-46)43-33-35-49(36-34-43)63(50-23-14-24-51(41-50)64-59-31-10-6-25-52(59)53-26-7-11-32-60(53)64)58-30-9-8-27-54(58)55-28-15-29-56-57-39-47-18-4-5-19-48(47)40-61(57)65-62(55)56/h2-41H,1H2/b16-3-. The van der Waals surface area contributed by atoms with Crippen molar-refractivity contribution < 1.29 is 4.42 Å². The number of benzene rings is 10. The van der Waals surface area contributed by atoms with Crippen molar-refractivity contribution in [3.8, 4) is 39.1 Å². The van der Waals surface area contributed by atoms with Crippen molar-refractivity contribution in [2.24, 2.45) is 0 Å². The fourth-order valence-electron chi connectivity index (χ4n) is 9.67. The Morgan fingerprint density at radius 3 is 1.83 bits per heavy atom. The van der Waals surface area contributed by atoms with E-state index in [0.29, 0.717) is 0 Å². The van der Waals surface area contributed by atoms with E-state index in [0.717, 1.165) is 77.9 Å². The normalized spacial score (nSPS) is 11.7. The zero-order valence-electron chi connectivity index (χ0n) is 35.6. The summed E-state index contributed by atoms with van der Waals surface area (Å²) in [6.07, 6.45) is 5.86. The quantitative estimate of drug-likeness (QED) is 0.135. The maximum Gasteiger partial charge on any atom is 0.143 e. The average Bonchev–Trinajstić information content (AvgIpc) is 3.91. The van der Waals surface area contributed by atoms with Gasteiger partial charge in [-0.25, -0.2) is 0 Å². The zero-order valence-corrected chi connectivity index (χ0v) is 35.6. The number of para-hydroxylation sites is 4. The van der Waals surface area contributed by atoms with Gasteiger partial charge in [-0.05, 0) is 111 Å². The molecule has 12 rings (SSSR count). The van der Waals surface area contributed by atoms with Gasteiger partial charge < -0.3 is 13.9 Å². The molecule has 10 aromatic carbocycles. The summed E-state index contributed by atoms with van der Waals surface area (Å²) >= 11 is 0. The highest BCUT2D eigenvalue weighted by atomic mass is 16.3. The van der Waals surface area contributed by atoms with Crippen LogP contribution in [0.2, 0.25) is 0 Å². The molecule has 65 heavy (non-hydrogen) atoms. The van der Waals surface area contributed by atoms with Crippen LogP contribution in [0.15, 0.2) is 248 Å². The third-order valence-electron chi connectivity index (χ3n) is 12.7. The number of rotatable bonds is 9. The van der Waals surface area contributed by atoms with E-state index in [1.165, 1.54) is 38.3 Å². The molecule has 3 heteroatoms. The highest BCUT2D eigenvalue weighted by Crippen LogP contribution is 2.46. The Labute approximate surface area is 377 Å². The van der Waals surface area contributed by atoms with Crippen LogP contribution >= 0.6 is 0 Å². The second kappa shape index (κ2) is 15.9. The van der Waals surface area contributed by atoms with Gasteiger partial charge in [-0.15, -0.1) is 0 Å². The SMILES string of the molecule is C=C/C=C\c1cccc(-c2cccc(-c3ccc(N(c4cccc(-n5c6ccccc6c6ccccc65)c4)c4ccccc4-c4cccc5c4oc4cc6ccccc6cc45)cc3)c2)c1. The van der Waals surface area contributed by atoms with Gasteiger partial charge in [0.1, 0.15) is 11.2 Å². The first-order valence-corrected chi connectivity index (χ1v) is 22.1. The predicted octanol–water partition coefficient (Wildman–Crippen LogP) is 17.5. The smallest absolute Gasteiger partial charge is 0.143 e. The molecule has 0 radical (unpaired) electrons. The van der Waals surface area contributed by atoms with E-state index in [2.05, 4.69) is 247 Å². The molecule has 0 unspecified atom stereocenters. The monoisotopic (exact) mass is 830 g/mol. The van der Waals surface area contributed by atoms with Crippen LogP contribution in [0.25, 0.3) is 99.7 Å². The van der Waals surface area contributed by atoms with Crippen LogP contribution in [0, 0.1) is 0 Å². The molecule has 0 saturated carbocycles. The van der Waals surface area contributed by atoms with E-state index in [1.807, 2.05) is 12.2 Å². The molecule has 0 bridgehead atoms. The van der Waals surface area contributed by atoms with Crippen LogP contribution in [0.4, 0.5) is 17.1 Å². The third kappa shape index (κ3) is 6.70. The summed E-state index contributed by atoms with van der Waals surface area (Å²) in [5, 5.41) is 7.05. The summed E-state index contributed by atoms with van der Waals surface area (Å²) in [7, 11) is 0. The minimum Gasteiger partial charge on any atom is -0.455 e. The van der Waals surface area contributed by atoms with Gasteiger partial charge >= 0.3 is 0 Å². The summed E-state index contributed by atoms with van der Waals surface area (Å²) in [6, 6.07) is 80.9. The molecule has 0 N–H and O–H groups in total. The molecule has 3 nitrogen and oxygen atoms in total. The second-order valence-electron chi connectivity index (χ2n) is 16.6. The molecule has 306 valence electrons. The number of nitrogens with zero attached hydrogens (tertiary/aromatic N) is 2. The van der Waals surface area contributed by atoms with Crippen molar-refractivity contribution in [2.45, 2.75) is 0 Å². The predicted molar refractivity (Wildman–Crippen MR) is 276 cm³/mol. The highest BCUT2D eigenvalue weighted by Gasteiger charge is 2.22. The van der Waals surface area contributed by atoms with Gasteiger partial charge in [0, 0.05) is 49.7 Å². The number of hydrogen-bond acceptors (Lipinski definition) is 2. The molecule has 12 aromatic rings. The fourth-order valence-corrected chi connectivity index (χ4v) is 9.67. The number of aromatic nitrogens is 1. The first-order chi connectivity index (χ1) is 32.2. The molecule has 0 amide bonds. The van der Waals surface area contributed by atoms with E-state index < -0.39 is 0 Å². The lowest BCUT2D eigenvalue weighted by atomic mass is 9.97. The Kier molecular flexibility index (Phi) is 9.31. The van der Waals surface area contributed by atoms with E-state index in [-0.39, 0.29) is 0 Å². The van der Waals surface area contributed by atoms with Crippen molar-refractivity contribution in [3.63, 3.8) is 0 Å². The Balaban J connectivity index is 1.02. The number of allylic oxidation sites excluding steroid dienone is 2. The van der Waals surface area contributed by atoms with E-state index >= 15 is 0 Å². The second-order valence-corrected chi connectivity index (χ2v) is 16.6. The maximum absolute atomic E-state index is 6.84. The van der Waals surface area contributed by atoms with Crippen molar-refractivity contribution in [1.29, 1.82) is 0 Å². The van der Waals surface area contributed by atoms with Crippen LogP contribution in [-0.2, 0) is 0 Å². The Hall–Kier alpha value is -8.66. The van der Waals surface area contributed by atoms with E-state index in [4.69, 9.17) is 4.42 Å². The molecule has 0 saturated heterocycles. The van der Waals surface area contributed by atoms with Crippen molar-refractivity contribution >= 4 is 77.7 Å². The number of hydrogen-bond donors (Lipinski definition) is 0. The number of fused-ring (bicyclic) bond motifs is 7. The minimum absolute atomic E-state index is 0.877. The Bertz CT molecular complexity index is 3760. The maximum atomic E-state index is 6.84. The van der Waals surface area contributed by atoms with Crippen LogP contribution in [0.5, 0.6) is 0 Å². The summed E-state index contributed by atoms with van der Waals surface area (Å²) < 4.78 is 9.23. The van der Waals surface area contributed by atoms with E-state index in [1.54, 1.807) is 0 Å². The molecule has 0 fully saturated rings. The average molecular weight is 831 g/mol. The third-order valence-corrected chi connectivity index (χ3v) is 12.7. The fraction of sp³-hybridized carbons (Fsp3) is 0. The largest absolute Gasteiger partial charge is 0.455 e. The van der Waals surface area contributed by atoms with Crippen molar-refractivity contribution in [2.75, 3.05) is 4.90 Å². The van der Waals surface area contributed by atoms with Crippen LogP contribution in [0.1, 0.15) is 5.56 Å². The summed E-state index contributed by atoms with van der Waals surface area (Å²) in [5.74, 6) is 0. The topological polar surface area (TPSA) is 21.3 Å². The number of furan rings is 1. The Morgan fingerprint density at radius 2 is 1.05 bits per heavy atom. The summed E-state index contributed by atoms with van der Waals surface area (Å²) in [4.78, 5) is 2.39. The zero-order chi connectivity index (χ0) is 43.3. The molecule has 0 spiro atoms. The number of anilines is 3. The highest BCUT2D eigenvalue weighted by molar-refractivity contribution is 6.14. The van der Waals surface area contributed by atoms with Crippen LogP contribution < -0.4 is 4.90 Å². The molecule has 0 atom stereocenters. The van der Waals surface area contributed by atoms with Gasteiger partial charge in [0.15, 0.2) is 0 Å². The molecular formula is C62H42N2O. The first-order valence-electron chi connectivity index (χ1n) is 22.1. The van der Waals surface area contributed by atoms with Gasteiger partial charge in [0.2, 0.25) is 0 Å². The van der Waals surface area contributed by atoms with Gasteiger partial charge in [-0.3, -0.25) is 0 Å². The Morgan fingerprint density at radius 1 is 0.431 bits per heavy atom. The molecule has 2 heterocycles. The molecule has 0 aliphatic carbocycles.